The van der Waals surface area contributed by atoms with E-state index in [1.54, 1.807) is 18.4 Å². The summed E-state index contributed by atoms with van der Waals surface area (Å²) in [7, 11) is 1.89. The number of ether oxygens (including phenoxy) is 1. The van der Waals surface area contributed by atoms with E-state index in [-0.39, 0.29) is 6.61 Å². The van der Waals surface area contributed by atoms with Crippen LogP contribution in [0.5, 0.6) is 5.75 Å². The highest BCUT2D eigenvalue weighted by Gasteiger charge is 2.13. The SMILES string of the molecule is Cn1c(COc2ccccc2Cl)nnc1SCc1cc(-c2ccco2)on1. The van der Waals surface area contributed by atoms with Crippen molar-refractivity contribution in [2.75, 3.05) is 0 Å². The summed E-state index contributed by atoms with van der Waals surface area (Å²) in [4.78, 5) is 0. The molecule has 0 saturated carbocycles. The summed E-state index contributed by atoms with van der Waals surface area (Å²) in [6.45, 7) is 0.278. The van der Waals surface area contributed by atoms with E-state index in [9.17, 15) is 0 Å². The van der Waals surface area contributed by atoms with Crippen LogP contribution in [0.15, 0.2) is 62.8 Å². The summed E-state index contributed by atoms with van der Waals surface area (Å²) < 4.78 is 18.2. The molecule has 9 heteroatoms. The smallest absolute Gasteiger partial charge is 0.202 e. The van der Waals surface area contributed by atoms with Crippen molar-refractivity contribution in [2.45, 2.75) is 17.5 Å². The average Bonchev–Trinajstić information content (AvgIpc) is 3.41. The Bertz CT molecular complexity index is 1030. The fraction of sp³-hybridized carbons (Fsp3) is 0.167. The van der Waals surface area contributed by atoms with Gasteiger partial charge >= 0.3 is 0 Å². The Morgan fingerprint density at radius 1 is 1.15 bits per heavy atom. The number of hydrogen-bond donors (Lipinski definition) is 0. The maximum absolute atomic E-state index is 6.10. The Morgan fingerprint density at radius 2 is 2.04 bits per heavy atom. The highest BCUT2D eigenvalue weighted by atomic mass is 35.5. The zero-order valence-electron chi connectivity index (χ0n) is 14.3. The Labute approximate surface area is 164 Å². The van der Waals surface area contributed by atoms with Gasteiger partial charge in [-0.2, -0.15) is 0 Å². The van der Waals surface area contributed by atoms with E-state index in [0.29, 0.717) is 33.9 Å². The van der Waals surface area contributed by atoms with Crippen LogP contribution in [0.3, 0.4) is 0 Å². The van der Waals surface area contributed by atoms with Crippen LogP contribution in [0.25, 0.3) is 11.5 Å². The standard InChI is InChI=1S/C18H15ClN4O3S/c1-23-17(10-25-14-6-3-2-5-13(14)19)20-21-18(23)27-11-12-9-16(26-22-12)15-7-4-8-24-15/h2-9H,10-11H2,1H3. The molecule has 4 aromatic rings. The first-order chi connectivity index (χ1) is 13.2. The fourth-order valence-corrected chi connectivity index (χ4v) is 3.35. The summed E-state index contributed by atoms with van der Waals surface area (Å²) in [5, 5.41) is 13.8. The molecule has 3 aromatic heterocycles. The molecule has 0 amide bonds. The van der Waals surface area contributed by atoms with Gasteiger partial charge in [-0.15, -0.1) is 10.2 Å². The third-order valence-electron chi connectivity index (χ3n) is 3.79. The zero-order valence-corrected chi connectivity index (χ0v) is 15.9. The molecule has 0 unspecified atom stereocenters. The Balaban J connectivity index is 1.37. The van der Waals surface area contributed by atoms with Crippen LogP contribution >= 0.6 is 23.4 Å². The molecule has 0 saturated heterocycles. The van der Waals surface area contributed by atoms with Gasteiger partial charge in [0.15, 0.2) is 16.7 Å². The molecule has 0 radical (unpaired) electrons. The number of aromatic nitrogens is 4. The van der Waals surface area contributed by atoms with Crippen LogP contribution in [0.4, 0.5) is 0 Å². The molecule has 4 rings (SSSR count). The summed E-state index contributed by atoms with van der Waals surface area (Å²) in [6, 6.07) is 12.8. The third-order valence-corrected chi connectivity index (χ3v) is 5.16. The Hall–Kier alpha value is -2.71. The van der Waals surface area contributed by atoms with Crippen LogP contribution in [-0.2, 0) is 19.4 Å². The molecular weight excluding hydrogens is 388 g/mol. The van der Waals surface area contributed by atoms with Gasteiger partial charge in [-0.05, 0) is 24.3 Å². The molecule has 0 fully saturated rings. The van der Waals surface area contributed by atoms with Crippen molar-refractivity contribution < 1.29 is 13.7 Å². The largest absolute Gasteiger partial charge is 0.484 e. The van der Waals surface area contributed by atoms with Gasteiger partial charge in [-0.25, -0.2) is 0 Å². The lowest BCUT2D eigenvalue weighted by Crippen LogP contribution is -2.04. The van der Waals surface area contributed by atoms with Gasteiger partial charge in [-0.1, -0.05) is 40.7 Å². The van der Waals surface area contributed by atoms with Crippen molar-refractivity contribution in [1.82, 2.24) is 19.9 Å². The normalized spacial score (nSPS) is 11.0. The van der Waals surface area contributed by atoms with E-state index in [4.69, 9.17) is 25.3 Å². The van der Waals surface area contributed by atoms with E-state index in [1.165, 1.54) is 11.8 Å². The predicted octanol–water partition coefficient (Wildman–Crippen LogP) is 4.59. The molecule has 3 heterocycles. The van der Waals surface area contributed by atoms with Crippen LogP contribution < -0.4 is 4.74 Å². The zero-order chi connectivity index (χ0) is 18.6. The highest BCUT2D eigenvalue weighted by Crippen LogP contribution is 2.26. The van der Waals surface area contributed by atoms with Gasteiger partial charge in [0.05, 0.1) is 17.0 Å². The van der Waals surface area contributed by atoms with Crippen molar-refractivity contribution in [3.63, 3.8) is 0 Å². The van der Waals surface area contributed by atoms with E-state index in [2.05, 4.69) is 15.4 Å². The van der Waals surface area contributed by atoms with Crippen molar-refractivity contribution in [2.24, 2.45) is 7.05 Å². The lowest BCUT2D eigenvalue weighted by Gasteiger charge is -2.07. The molecule has 1 aromatic carbocycles. The van der Waals surface area contributed by atoms with Crippen molar-refractivity contribution >= 4 is 23.4 Å². The summed E-state index contributed by atoms with van der Waals surface area (Å²) >= 11 is 7.61. The number of benzene rings is 1. The van der Waals surface area contributed by atoms with Crippen LogP contribution in [0, 0.1) is 0 Å². The minimum atomic E-state index is 0.278. The molecule has 0 spiro atoms. The quantitative estimate of drug-likeness (QED) is 0.418. The second-order valence-electron chi connectivity index (χ2n) is 5.63. The summed E-state index contributed by atoms with van der Waals surface area (Å²) in [6.07, 6.45) is 1.60. The van der Waals surface area contributed by atoms with Crippen LogP contribution in [-0.4, -0.2) is 19.9 Å². The first-order valence-electron chi connectivity index (χ1n) is 8.08. The predicted molar refractivity (Wildman–Crippen MR) is 101 cm³/mol. The van der Waals surface area contributed by atoms with Gasteiger partial charge in [0, 0.05) is 18.9 Å². The van der Waals surface area contributed by atoms with Gasteiger partial charge in [0.25, 0.3) is 0 Å². The summed E-state index contributed by atoms with van der Waals surface area (Å²) in [5.41, 5.74) is 0.795. The van der Waals surface area contributed by atoms with Crippen LogP contribution in [0.1, 0.15) is 11.5 Å². The molecule has 0 aliphatic carbocycles. The van der Waals surface area contributed by atoms with E-state index < -0.39 is 0 Å². The summed E-state index contributed by atoms with van der Waals surface area (Å²) in [5.74, 6) is 3.17. The lowest BCUT2D eigenvalue weighted by molar-refractivity contribution is 0.290. The lowest BCUT2D eigenvalue weighted by atomic mass is 10.3. The topological polar surface area (TPSA) is 79.1 Å². The number of nitrogens with zero attached hydrogens (tertiary/aromatic N) is 4. The molecule has 27 heavy (non-hydrogen) atoms. The Kier molecular flexibility index (Phi) is 5.17. The van der Waals surface area contributed by atoms with E-state index in [1.807, 2.05) is 41.9 Å². The van der Waals surface area contributed by atoms with Crippen molar-refractivity contribution in [1.29, 1.82) is 0 Å². The second kappa shape index (κ2) is 7.89. The molecule has 0 atom stereocenters. The molecule has 0 aliphatic heterocycles. The number of furan rings is 1. The molecule has 0 N–H and O–H groups in total. The second-order valence-corrected chi connectivity index (χ2v) is 6.98. The highest BCUT2D eigenvalue weighted by molar-refractivity contribution is 7.98. The fourth-order valence-electron chi connectivity index (χ4n) is 2.35. The van der Waals surface area contributed by atoms with Gasteiger partial charge in [0.2, 0.25) is 5.76 Å². The average molecular weight is 403 g/mol. The monoisotopic (exact) mass is 402 g/mol. The van der Waals surface area contributed by atoms with Crippen molar-refractivity contribution in [3.05, 3.63) is 65.3 Å². The number of halogens is 1. The molecule has 0 bridgehead atoms. The molecule has 7 nitrogen and oxygen atoms in total. The van der Waals surface area contributed by atoms with Crippen molar-refractivity contribution in [3.8, 4) is 17.3 Å². The molecular formula is C18H15ClN4O3S. The maximum Gasteiger partial charge on any atom is 0.202 e. The van der Waals surface area contributed by atoms with E-state index >= 15 is 0 Å². The first kappa shape index (κ1) is 17.7. The van der Waals surface area contributed by atoms with Gasteiger partial charge in [0.1, 0.15) is 12.4 Å². The minimum Gasteiger partial charge on any atom is -0.484 e. The van der Waals surface area contributed by atoms with Gasteiger partial charge < -0.3 is 18.2 Å². The first-order valence-corrected chi connectivity index (χ1v) is 9.45. The number of thioether (sulfide) groups is 1. The molecule has 0 aliphatic rings. The third kappa shape index (κ3) is 4.01. The van der Waals surface area contributed by atoms with E-state index in [0.717, 1.165) is 10.9 Å². The Morgan fingerprint density at radius 3 is 2.85 bits per heavy atom. The molecule has 138 valence electrons. The maximum atomic E-state index is 6.10. The number of para-hydroxylation sites is 1. The minimum absolute atomic E-state index is 0.278. The van der Waals surface area contributed by atoms with Crippen LogP contribution in [0.2, 0.25) is 5.02 Å². The number of rotatable bonds is 7. The number of hydrogen-bond acceptors (Lipinski definition) is 7. The van der Waals surface area contributed by atoms with Gasteiger partial charge in [-0.3, -0.25) is 0 Å².